The Kier molecular flexibility index (Phi) is 2.66. The van der Waals surface area contributed by atoms with Gasteiger partial charge in [-0.1, -0.05) is 0 Å². The second-order valence-corrected chi connectivity index (χ2v) is 6.73. The molecule has 0 aliphatic rings. The van der Waals surface area contributed by atoms with Gasteiger partial charge < -0.3 is 0 Å². The molecule has 3 heteroatoms. The van der Waals surface area contributed by atoms with Gasteiger partial charge in [0.25, 0.3) is 0 Å². The Morgan fingerprint density at radius 3 is 1.83 bits per heavy atom. The molecule has 0 rings (SSSR count). The Labute approximate surface area is 57.2 Å². The molecule has 0 nitrogen and oxygen atoms in total. The minimum absolute atomic E-state index is 0.625. The number of halogens is 2. The fourth-order valence-corrected chi connectivity index (χ4v) is 0. The first kappa shape index (κ1) is 6.94. The van der Waals surface area contributed by atoms with Crippen LogP contribution in [0.15, 0.2) is 12.7 Å². The maximum absolute atomic E-state index is 5.42. The number of allylic oxidation sites excluding steroid dienone is 1. The number of alkyl halides is 2. The van der Waals surface area contributed by atoms with Crippen molar-refractivity contribution in [2.24, 2.45) is 0 Å². The molecule has 0 aromatic heterocycles. The van der Waals surface area contributed by atoms with Crippen molar-refractivity contribution in [1.82, 2.24) is 0 Å². The molecule has 31 valence electrons. The van der Waals surface area contributed by atoms with Crippen LogP contribution in [-0.2, 0) is 18.3 Å². The van der Waals surface area contributed by atoms with Crippen LogP contribution in [0.4, 0.5) is 0 Å². The van der Waals surface area contributed by atoms with E-state index in [2.05, 4.69) is 6.58 Å². The van der Waals surface area contributed by atoms with Crippen molar-refractivity contribution in [2.45, 2.75) is 2.93 Å². The zero-order valence-electron chi connectivity index (χ0n) is 3.25. The normalized spacial score (nSPS) is 11.3. The number of rotatable bonds is 1. The first-order valence-electron chi connectivity index (χ1n) is 1.43. The Bertz CT molecular complexity index is 54.3. The van der Waals surface area contributed by atoms with E-state index in [1.165, 1.54) is 6.08 Å². The van der Waals surface area contributed by atoms with Gasteiger partial charge in [-0.3, -0.25) is 0 Å². The molecule has 0 saturated heterocycles. The van der Waals surface area contributed by atoms with Gasteiger partial charge in [0.15, 0.2) is 0 Å². The van der Waals surface area contributed by atoms with Gasteiger partial charge in [-0.15, -0.1) is 0 Å². The van der Waals surface area contributed by atoms with Crippen LogP contribution in [0.5, 0.6) is 0 Å². The fourth-order valence-electron chi connectivity index (χ4n) is 0. The van der Waals surface area contributed by atoms with Crippen LogP contribution in [0.3, 0.4) is 0 Å². The summed E-state index contributed by atoms with van der Waals surface area (Å²) in [4.78, 5) is 0. The van der Waals surface area contributed by atoms with Crippen LogP contribution in [-0.4, -0.2) is 2.93 Å². The maximum atomic E-state index is 5.42. The number of hydrogen-bond acceptors (Lipinski definition) is 0. The zero-order chi connectivity index (χ0) is 5.21. The van der Waals surface area contributed by atoms with E-state index in [4.69, 9.17) is 23.2 Å². The molecule has 0 unspecified atom stereocenters. The first-order chi connectivity index (χ1) is 2.56. The van der Waals surface area contributed by atoms with Gasteiger partial charge in [-0.25, -0.2) is 0 Å². The molecule has 0 aromatic rings. The average Bonchev–Trinajstić information content (AvgIpc) is 1.35. The van der Waals surface area contributed by atoms with Crippen molar-refractivity contribution in [1.29, 1.82) is 0 Å². The first-order valence-corrected chi connectivity index (χ1v) is 3.67. The predicted molar refractivity (Wildman–Crippen MR) is 24.6 cm³/mol. The summed E-state index contributed by atoms with van der Waals surface area (Å²) in [5.41, 5.74) is 0. The molecule has 0 N–H and O–H groups in total. The van der Waals surface area contributed by atoms with Crippen LogP contribution in [0.25, 0.3) is 0 Å². The average molecular weight is 175 g/mol. The van der Waals surface area contributed by atoms with Crippen LogP contribution in [0.2, 0.25) is 0 Å². The Hall–Kier alpha value is 0.943. The molecule has 0 heterocycles. The molecule has 0 radical (unpaired) electrons. The van der Waals surface area contributed by atoms with Crippen molar-refractivity contribution >= 4 is 23.2 Å². The third kappa shape index (κ3) is 4.94. The minimum atomic E-state index is -0.625. The molecule has 0 amide bonds. The molecular weight excluding hydrogens is 172 g/mol. The SMILES string of the molecule is C=C[C](Cl)(Cl)[Zn]. The quantitative estimate of drug-likeness (QED) is 0.324. The molecule has 0 atom stereocenters. The molecule has 0 saturated carbocycles. The Morgan fingerprint density at radius 2 is 1.83 bits per heavy atom. The zero-order valence-corrected chi connectivity index (χ0v) is 7.73. The van der Waals surface area contributed by atoms with E-state index < -0.39 is 2.93 Å². The summed E-state index contributed by atoms with van der Waals surface area (Å²) in [7, 11) is 0. The van der Waals surface area contributed by atoms with Crippen LogP contribution >= 0.6 is 23.2 Å². The van der Waals surface area contributed by atoms with Gasteiger partial charge in [0.2, 0.25) is 0 Å². The topological polar surface area (TPSA) is 0 Å². The van der Waals surface area contributed by atoms with Gasteiger partial charge in [-0.05, 0) is 0 Å². The third-order valence-electron chi connectivity index (χ3n) is 0.299. The van der Waals surface area contributed by atoms with Crippen molar-refractivity contribution in [3.8, 4) is 0 Å². The van der Waals surface area contributed by atoms with Crippen molar-refractivity contribution in [3.05, 3.63) is 12.7 Å². The summed E-state index contributed by atoms with van der Waals surface area (Å²) in [6, 6.07) is 0. The van der Waals surface area contributed by atoms with E-state index in [1.807, 2.05) is 0 Å². The van der Waals surface area contributed by atoms with Gasteiger partial charge in [0, 0.05) is 0 Å². The Morgan fingerprint density at radius 1 is 1.67 bits per heavy atom. The fraction of sp³-hybridized carbons (Fsp3) is 0.333. The molecule has 0 aliphatic heterocycles. The van der Waals surface area contributed by atoms with Gasteiger partial charge in [-0.2, -0.15) is 0 Å². The van der Waals surface area contributed by atoms with Crippen LogP contribution in [0.1, 0.15) is 0 Å². The Balaban J connectivity index is 3.45. The summed E-state index contributed by atoms with van der Waals surface area (Å²) in [5.74, 6) is 0. The van der Waals surface area contributed by atoms with Gasteiger partial charge in [0.1, 0.15) is 0 Å². The molecular formula is C3H3Cl2Zn. The van der Waals surface area contributed by atoms with E-state index in [-0.39, 0.29) is 0 Å². The van der Waals surface area contributed by atoms with Gasteiger partial charge >= 0.3 is 57.1 Å². The summed E-state index contributed by atoms with van der Waals surface area (Å²) < 4.78 is -0.625. The second kappa shape index (κ2) is 2.30. The van der Waals surface area contributed by atoms with Crippen LogP contribution < -0.4 is 0 Å². The molecule has 0 aliphatic carbocycles. The number of hydrogen-bond donors (Lipinski definition) is 0. The second-order valence-electron chi connectivity index (χ2n) is 0.965. The molecule has 0 aromatic carbocycles. The van der Waals surface area contributed by atoms with E-state index in [0.717, 1.165) is 18.3 Å². The molecule has 0 bridgehead atoms. The summed E-state index contributed by atoms with van der Waals surface area (Å²) >= 11 is 11.7. The van der Waals surface area contributed by atoms with E-state index in [9.17, 15) is 0 Å². The summed E-state index contributed by atoms with van der Waals surface area (Å²) in [6.45, 7) is 3.40. The molecule has 0 spiro atoms. The van der Waals surface area contributed by atoms with Crippen LogP contribution in [0, 0.1) is 0 Å². The third-order valence-corrected chi connectivity index (χ3v) is 1.21. The predicted octanol–water partition coefficient (Wildman–Crippen LogP) is 1.85. The van der Waals surface area contributed by atoms with Crippen molar-refractivity contribution < 1.29 is 18.3 Å². The van der Waals surface area contributed by atoms with Gasteiger partial charge in [0.05, 0.1) is 0 Å². The molecule has 0 fully saturated rings. The monoisotopic (exact) mass is 173 g/mol. The summed E-state index contributed by atoms with van der Waals surface area (Å²) in [6.07, 6.45) is 1.52. The summed E-state index contributed by atoms with van der Waals surface area (Å²) in [5, 5.41) is 0. The van der Waals surface area contributed by atoms with Crippen molar-refractivity contribution in [2.75, 3.05) is 0 Å². The standard InChI is InChI=1S/C3H3Cl2.Zn/c1-2-3(4)5;/h2H,1H2;. The van der Waals surface area contributed by atoms with E-state index in [0.29, 0.717) is 0 Å². The molecule has 6 heavy (non-hydrogen) atoms. The van der Waals surface area contributed by atoms with Crippen molar-refractivity contribution in [3.63, 3.8) is 0 Å². The van der Waals surface area contributed by atoms with E-state index >= 15 is 0 Å². The van der Waals surface area contributed by atoms with E-state index in [1.54, 1.807) is 0 Å².